The summed E-state index contributed by atoms with van der Waals surface area (Å²) in [6.07, 6.45) is 1.94. The van der Waals surface area contributed by atoms with Gasteiger partial charge < -0.3 is 24.2 Å². The summed E-state index contributed by atoms with van der Waals surface area (Å²) < 4.78 is 23.3. The number of nitrogens with zero attached hydrogens (tertiary/aromatic N) is 3. The molecule has 12 heteroatoms. The number of carbonyl (C=O) groups is 4. The van der Waals surface area contributed by atoms with Crippen LogP contribution in [0.5, 0.6) is 11.5 Å². The molecule has 2 aliphatic heterocycles. The number of hydrogen-bond acceptors (Lipinski definition) is 9. The van der Waals surface area contributed by atoms with Gasteiger partial charge in [0.05, 0.1) is 0 Å². The zero-order valence-electron chi connectivity index (χ0n) is 26.4. The standard InChI is InChI=1S/C32H41N3O9/c1-20-12-9-19-35(40)26(20)25-23(41-27(36)21-13-10-17-33(21)29(38)43-31(2,3)4)15-8-16-24(25)42-28(37)22-14-11-18-34(22)30(39)44-32(5,6)7/h8-9,12,15-16,19,21-22H,10-11,13-14,17-18H2,1-7H3/t21-,22-/m0/s1. The van der Waals surface area contributed by atoms with Gasteiger partial charge in [-0.05, 0) is 92.3 Å². The lowest BCUT2D eigenvalue weighted by Crippen LogP contribution is -2.45. The average molecular weight is 612 g/mol. The zero-order chi connectivity index (χ0) is 32.4. The predicted molar refractivity (Wildman–Crippen MR) is 159 cm³/mol. The monoisotopic (exact) mass is 611 g/mol. The molecule has 2 amide bonds. The highest BCUT2D eigenvalue weighted by Crippen LogP contribution is 2.39. The summed E-state index contributed by atoms with van der Waals surface area (Å²) in [5.41, 5.74) is -0.749. The van der Waals surface area contributed by atoms with E-state index in [2.05, 4.69) is 0 Å². The number of aromatic nitrogens is 1. The van der Waals surface area contributed by atoms with E-state index in [9.17, 15) is 24.4 Å². The van der Waals surface area contributed by atoms with Crippen molar-refractivity contribution >= 4 is 24.1 Å². The van der Waals surface area contributed by atoms with Crippen molar-refractivity contribution in [2.75, 3.05) is 13.1 Å². The van der Waals surface area contributed by atoms with Crippen LogP contribution in [0.4, 0.5) is 9.59 Å². The summed E-state index contributed by atoms with van der Waals surface area (Å²) in [4.78, 5) is 55.3. The van der Waals surface area contributed by atoms with Gasteiger partial charge in [-0.1, -0.05) is 6.07 Å². The Labute approximate surface area is 257 Å². The number of likely N-dealkylation sites (tertiary alicyclic amines) is 2. The summed E-state index contributed by atoms with van der Waals surface area (Å²) in [7, 11) is 0. The van der Waals surface area contributed by atoms with Crippen molar-refractivity contribution in [3.63, 3.8) is 0 Å². The third kappa shape index (κ3) is 7.59. The van der Waals surface area contributed by atoms with Crippen molar-refractivity contribution < 1.29 is 42.9 Å². The maximum Gasteiger partial charge on any atom is 0.411 e. The molecule has 0 spiro atoms. The van der Waals surface area contributed by atoms with Crippen LogP contribution in [-0.4, -0.2) is 70.3 Å². The molecule has 0 saturated carbocycles. The molecule has 12 nitrogen and oxygen atoms in total. The summed E-state index contributed by atoms with van der Waals surface area (Å²) in [5, 5.41) is 13.1. The fourth-order valence-corrected chi connectivity index (χ4v) is 5.27. The number of aryl methyl sites for hydroxylation is 1. The molecule has 238 valence electrons. The highest BCUT2D eigenvalue weighted by Gasteiger charge is 2.40. The summed E-state index contributed by atoms with van der Waals surface area (Å²) in [6.45, 7) is 12.8. The first-order valence-electron chi connectivity index (χ1n) is 14.8. The Kier molecular flexibility index (Phi) is 9.41. The summed E-state index contributed by atoms with van der Waals surface area (Å²) in [6, 6.07) is 5.99. The van der Waals surface area contributed by atoms with Crippen LogP contribution in [0, 0.1) is 12.1 Å². The van der Waals surface area contributed by atoms with Gasteiger partial charge in [0.15, 0.2) is 6.20 Å². The average Bonchev–Trinajstić information content (AvgIpc) is 3.58. The number of carbonyl (C=O) groups excluding carboxylic acids is 4. The van der Waals surface area contributed by atoms with E-state index in [1.54, 1.807) is 60.6 Å². The van der Waals surface area contributed by atoms with E-state index in [4.69, 9.17) is 18.9 Å². The Balaban J connectivity index is 1.66. The van der Waals surface area contributed by atoms with Gasteiger partial charge >= 0.3 is 24.1 Å². The number of amides is 2. The van der Waals surface area contributed by atoms with E-state index in [1.807, 2.05) is 0 Å². The fourth-order valence-electron chi connectivity index (χ4n) is 5.27. The molecule has 0 radical (unpaired) electrons. The van der Waals surface area contributed by atoms with Crippen molar-refractivity contribution in [1.82, 2.24) is 9.80 Å². The maximum atomic E-state index is 13.5. The van der Waals surface area contributed by atoms with Gasteiger partial charge in [0.25, 0.3) is 0 Å². The van der Waals surface area contributed by atoms with Crippen molar-refractivity contribution in [1.29, 1.82) is 0 Å². The van der Waals surface area contributed by atoms with E-state index in [1.165, 1.54) is 34.2 Å². The Hall–Kier alpha value is -4.35. The van der Waals surface area contributed by atoms with Gasteiger partial charge in [0, 0.05) is 24.7 Å². The second-order valence-electron chi connectivity index (χ2n) is 13.0. The minimum absolute atomic E-state index is 0.0225. The zero-order valence-corrected chi connectivity index (χ0v) is 26.4. The number of rotatable bonds is 5. The largest absolute Gasteiger partial charge is 0.618 e. The minimum atomic E-state index is -0.902. The molecule has 0 aliphatic carbocycles. The lowest BCUT2D eigenvalue weighted by atomic mass is 10.0. The molecule has 2 aliphatic rings. The topological polar surface area (TPSA) is 139 Å². The van der Waals surface area contributed by atoms with Crippen LogP contribution < -0.4 is 14.2 Å². The first kappa shape index (κ1) is 32.6. The quantitative estimate of drug-likeness (QED) is 0.200. The summed E-state index contributed by atoms with van der Waals surface area (Å²) >= 11 is 0. The number of esters is 2. The van der Waals surface area contributed by atoms with Gasteiger partial charge in [0.2, 0.25) is 5.69 Å². The highest BCUT2D eigenvalue weighted by atomic mass is 16.6. The van der Waals surface area contributed by atoms with E-state index in [0.717, 1.165) is 0 Å². The van der Waals surface area contributed by atoms with Crippen LogP contribution in [-0.2, 0) is 19.1 Å². The Morgan fingerprint density at radius 3 is 1.64 bits per heavy atom. The molecule has 2 aromatic rings. The maximum absolute atomic E-state index is 13.5. The molecule has 4 rings (SSSR count). The number of hydrogen-bond donors (Lipinski definition) is 0. The van der Waals surface area contributed by atoms with Gasteiger partial charge in [0.1, 0.15) is 40.3 Å². The lowest BCUT2D eigenvalue weighted by molar-refractivity contribution is -0.594. The SMILES string of the molecule is Cc1ccc[n+]([O-])c1-c1c(OC(=O)[C@@H]2CCCN2C(=O)OC(C)(C)C)cccc1OC(=O)[C@@H]1CCCN1C(=O)OC(C)(C)C. The normalized spacial score (nSPS) is 18.6. The molecular formula is C32H41N3O9. The third-order valence-corrected chi connectivity index (χ3v) is 7.11. The lowest BCUT2D eigenvalue weighted by Gasteiger charge is -2.28. The number of benzene rings is 1. The van der Waals surface area contributed by atoms with Crippen molar-refractivity contribution in [2.45, 2.75) is 97.4 Å². The van der Waals surface area contributed by atoms with Crippen LogP contribution in [0.2, 0.25) is 0 Å². The van der Waals surface area contributed by atoms with Crippen LogP contribution in [0.1, 0.15) is 72.8 Å². The molecule has 2 atom stereocenters. The minimum Gasteiger partial charge on any atom is -0.618 e. The van der Waals surface area contributed by atoms with Crippen molar-refractivity contribution in [3.8, 4) is 22.8 Å². The van der Waals surface area contributed by atoms with Gasteiger partial charge in [-0.15, -0.1) is 0 Å². The number of ether oxygens (including phenoxy) is 4. The highest BCUT2D eigenvalue weighted by molar-refractivity contribution is 5.88. The molecular weight excluding hydrogens is 570 g/mol. The smallest absolute Gasteiger partial charge is 0.411 e. The van der Waals surface area contributed by atoms with E-state index in [-0.39, 0.29) is 22.8 Å². The first-order chi connectivity index (χ1) is 20.6. The fraction of sp³-hybridized carbons (Fsp3) is 0.531. The molecule has 3 heterocycles. The van der Waals surface area contributed by atoms with Crippen LogP contribution in [0.25, 0.3) is 11.3 Å². The second-order valence-corrected chi connectivity index (χ2v) is 13.0. The van der Waals surface area contributed by atoms with Crippen LogP contribution >= 0.6 is 0 Å². The predicted octanol–water partition coefficient (Wildman–Crippen LogP) is 4.91. The Morgan fingerprint density at radius 2 is 1.23 bits per heavy atom. The molecule has 44 heavy (non-hydrogen) atoms. The van der Waals surface area contributed by atoms with Gasteiger partial charge in [-0.2, -0.15) is 4.73 Å². The molecule has 0 N–H and O–H groups in total. The molecule has 1 aromatic heterocycles. The molecule has 0 bridgehead atoms. The van der Waals surface area contributed by atoms with E-state index >= 15 is 0 Å². The first-order valence-corrected chi connectivity index (χ1v) is 14.8. The summed E-state index contributed by atoms with van der Waals surface area (Å²) in [5.74, 6) is -1.47. The second kappa shape index (κ2) is 12.7. The van der Waals surface area contributed by atoms with Gasteiger partial charge in [-0.25, -0.2) is 19.2 Å². The molecule has 0 unspecified atom stereocenters. The Morgan fingerprint density at radius 1 is 0.773 bits per heavy atom. The van der Waals surface area contributed by atoms with Crippen LogP contribution in [0.15, 0.2) is 36.5 Å². The molecule has 2 saturated heterocycles. The van der Waals surface area contributed by atoms with E-state index in [0.29, 0.717) is 49.1 Å². The van der Waals surface area contributed by atoms with Crippen molar-refractivity contribution in [2.24, 2.45) is 0 Å². The van der Waals surface area contributed by atoms with Crippen LogP contribution in [0.3, 0.4) is 0 Å². The Bertz CT molecular complexity index is 1330. The molecule has 1 aromatic carbocycles. The number of pyridine rings is 1. The van der Waals surface area contributed by atoms with Crippen molar-refractivity contribution in [3.05, 3.63) is 47.3 Å². The third-order valence-electron chi connectivity index (χ3n) is 7.11. The van der Waals surface area contributed by atoms with Gasteiger partial charge in [-0.3, -0.25) is 9.80 Å². The molecule has 2 fully saturated rings. The van der Waals surface area contributed by atoms with E-state index < -0.39 is 47.4 Å².